The number of carbonyl (C=O) groups is 2. The Bertz CT molecular complexity index is 994. The average Bonchev–Trinajstić information content (AvgIpc) is 2.79. The first-order chi connectivity index (χ1) is 14.4. The van der Waals surface area contributed by atoms with E-state index in [-0.39, 0.29) is 16.7 Å². The molecule has 2 N–H and O–H groups in total. The van der Waals surface area contributed by atoms with Gasteiger partial charge in [0.15, 0.2) is 0 Å². The molecule has 0 aliphatic rings. The molecule has 3 rings (SSSR count). The number of benzene rings is 3. The van der Waals surface area contributed by atoms with E-state index in [2.05, 4.69) is 10.9 Å². The molecule has 0 aromatic heterocycles. The minimum absolute atomic E-state index is 0.119. The lowest BCUT2D eigenvalue weighted by Crippen LogP contribution is -2.50. The van der Waals surface area contributed by atoms with Crippen LogP contribution in [0, 0.1) is 0 Å². The number of amides is 1. The smallest absolute Gasteiger partial charge is 0.330 e. The van der Waals surface area contributed by atoms with Crippen LogP contribution in [0.4, 0.5) is 8.78 Å². The highest BCUT2D eigenvalue weighted by Gasteiger charge is 2.48. The van der Waals surface area contributed by atoms with Gasteiger partial charge in [-0.25, -0.2) is 5.43 Å². The molecule has 0 bridgehead atoms. The van der Waals surface area contributed by atoms with Crippen molar-refractivity contribution in [2.24, 2.45) is 0 Å². The number of carbonyl (C=O) groups excluding carboxylic acids is 2. The second kappa shape index (κ2) is 9.28. The van der Waals surface area contributed by atoms with Crippen LogP contribution in [0.5, 0.6) is 5.75 Å². The average molecular weight is 410 g/mol. The molecule has 0 heterocycles. The summed E-state index contributed by atoms with van der Waals surface area (Å²) < 4.78 is 35.5. The maximum Gasteiger partial charge on any atom is 0.330 e. The minimum atomic E-state index is -3.82. The quantitative estimate of drug-likeness (QED) is 0.432. The van der Waals surface area contributed by atoms with E-state index in [1.807, 2.05) is 0 Å². The first kappa shape index (κ1) is 21.1. The van der Waals surface area contributed by atoms with E-state index >= 15 is 8.78 Å². The summed E-state index contributed by atoms with van der Waals surface area (Å²) in [6.07, 6.45) is 0. The van der Waals surface area contributed by atoms with Gasteiger partial charge in [-0.05, 0) is 29.8 Å². The predicted octanol–water partition coefficient (Wildman–Crippen LogP) is 4.19. The van der Waals surface area contributed by atoms with E-state index in [0.29, 0.717) is 5.75 Å². The molecule has 0 saturated carbocycles. The van der Waals surface area contributed by atoms with E-state index in [9.17, 15) is 9.59 Å². The number of rotatable bonds is 8. The Morgan fingerprint density at radius 1 is 0.833 bits per heavy atom. The molecule has 0 unspecified atom stereocenters. The maximum absolute atomic E-state index is 15.2. The van der Waals surface area contributed by atoms with Crippen LogP contribution in [0.15, 0.2) is 84.9 Å². The summed E-state index contributed by atoms with van der Waals surface area (Å²) in [6, 6.07) is 19.5. The molecule has 0 saturated heterocycles. The normalized spacial score (nSPS) is 12.1. The Kier molecular flexibility index (Phi) is 6.54. The lowest BCUT2D eigenvalue weighted by molar-refractivity contribution is -0.0194. The molecule has 0 aliphatic heterocycles. The van der Waals surface area contributed by atoms with Gasteiger partial charge in [-0.1, -0.05) is 60.7 Å². The van der Waals surface area contributed by atoms with Gasteiger partial charge in [0.25, 0.3) is 5.91 Å². The van der Waals surface area contributed by atoms with Gasteiger partial charge in [0.2, 0.25) is 5.78 Å². The molecule has 7 heteroatoms. The Hall–Kier alpha value is -3.58. The van der Waals surface area contributed by atoms with Crippen LogP contribution < -0.4 is 15.6 Å². The number of alkyl halides is 2. The van der Waals surface area contributed by atoms with Gasteiger partial charge in [0.05, 0.1) is 7.11 Å². The van der Waals surface area contributed by atoms with Gasteiger partial charge >= 0.3 is 5.92 Å². The number of ether oxygens (including phenoxy) is 1. The van der Waals surface area contributed by atoms with Crippen LogP contribution in [0.3, 0.4) is 0 Å². The number of hydrogen-bond acceptors (Lipinski definition) is 4. The lowest BCUT2D eigenvalue weighted by atomic mass is 9.94. The minimum Gasteiger partial charge on any atom is -0.497 e. The van der Waals surface area contributed by atoms with Gasteiger partial charge in [-0.2, -0.15) is 8.78 Å². The zero-order valence-electron chi connectivity index (χ0n) is 16.1. The molecule has 30 heavy (non-hydrogen) atoms. The number of halogens is 2. The molecule has 1 atom stereocenters. The van der Waals surface area contributed by atoms with E-state index < -0.39 is 23.7 Å². The Labute approximate surface area is 172 Å². The number of hydrogen-bond donors (Lipinski definition) is 2. The number of nitrogens with one attached hydrogen (secondary N) is 2. The van der Waals surface area contributed by atoms with Gasteiger partial charge in [0, 0.05) is 11.1 Å². The highest BCUT2D eigenvalue weighted by atomic mass is 19.3. The molecule has 5 nitrogen and oxygen atoms in total. The second-order valence-corrected chi connectivity index (χ2v) is 6.49. The van der Waals surface area contributed by atoms with E-state index in [1.165, 1.54) is 55.6 Å². The molecule has 0 aliphatic carbocycles. The van der Waals surface area contributed by atoms with Crippen molar-refractivity contribution in [3.05, 3.63) is 102 Å². The first-order valence-corrected chi connectivity index (χ1v) is 9.16. The van der Waals surface area contributed by atoms with E-state index in [1.54, 1.807) is 36.4 Å². The summed E-state index contributed by atoms with van der Waals surface area (Å²) >= 11 is 0. The molecule has 0 fully saturated rings. The molecule has 3 aromatic carbocycles. The number of ketones is 1. The fourth-order valence-corrected chi connectivity index (χ4v) is 2.89. The van der Waals surface area contributed by atoms with Crippen LogP contribution in [0.25, 0.3) is 0 Å². The Morgan fingerprint density at radius 2 is 1.40 bits per heavy atom. The number of methoxy groups -OCH3 is 1. The van der Waals surface area contributed by atoms with E-state index in [0.717, 1.165) is 0 Å². The van der Waals surface area contributed by atoms with Crippen LogP contribution in [-0.4, -0.2) is 24.7 Å². The highest BCUT2D eigenvalue weighted by Crippen LogP contribution is 2.34. The van der Waals surface area contributed by atoms with Gasteiger partial charge < -0.3 is 4.74 Å². The number of Topliss-reactive ketones (excluding diaryl/α,β-unsaturated/α-hetero) is 1. The summed E-state index contributed by atoms with van der Waals surface area (Å²) in [5, 5.41) is 0. The third-order valence-electron chi connectivity index (χ3n) is 4.52. The summed E-state index contributed by atoms with van der Waals surface area (Å²) in [7, 11) is 1.49. The molecule has 1 amide bonds. The second-order valence-electron chi connectivity index (χ2n) is 6.49. The first-order valence-electron chi connectivity index (χ1n) is 9.16. The summed E-state index contributed by atoms with van der Waals surface area (Å²) in [5.41, 5.74) is 4.92. The van der Waals surface area contributed by atoms with E-state index in [4.69, 9.17) is 4.74 Å². The van der Waals surface area contributed by atoms with Crippen molar-refractivity contribution in [1.29, 1.82) is 0 Å². The van der Waals surface area contributed by atoms with Crippen LogP contribution in [-0.2, 0) is 0 Å². The Balaban J connectivity index is 1.84. The van der Waals surface area contributed by atoms with Crippen molar-refractivity contribution in [1.82, 2.24) is 10.9 Å². The predicted molar refractivity (Wildman–Crippen MR) is 108 cm³/mol. The van der Waals surface area contributed by atoms with Crippen LogP contribution in [0.1, 0.15) is 32.3 Å². The maximum atomic E-state index is 15.2. The largest absolute Gasteiger partial charge is 0.497 e. The highest BCUT2D eigenvalue weighted by molar-refractivity contribution is 6.02. The van der Waals surface area contributed by atoms with Gasteiger partial charge in [-0.3, -0.25) is 15.0 Å². The standard InChI is InChI=1S/C23H20F2N2O3/c1-30-19-14-12-18(13-15-19)22(29)27-26-20(16-8-4-2-5-9-16)23(24,25)21(28)17-10-6-3-7-11-17/h2-15,20,26H,1H3,(H,27,29)/t20-/m0/s1. The summed E-state index contributed by atoms with van der Waals surface area (Å²) in [5.74, 6) is -5.23. The lowest BCUT2D eigenvalue weighted by Gasteiger charge is -2.27. The van der Waals surface area contributed by atoms with Gasteiger partial charge in [0.1, 0.15) is 11.8 Å². The van der Waals surface area contributed by atoms with Gasteiger partial charge in [-0.15, -0.1) is 0 Å². The molecular weight excluding hydrogens is 390 g/mol. The molecule has 0 spiro atoms. The fraction of sp³-hybridized carbons (Fsp3) is 0.130. The molecule has 0 radical (unpaired) electrons. The van der Waals surface area contributed by atoms with Crippen molar-refractivity contribution in [2.75, 3.05) is 7.11 Å². The van der Waals surface area contributed by atoms with Crippen molar-refractivity contribution in [3.8, 4) is 5.75 Å². The van der Waals surface area contributed by atoms with Crippen molar-refractivity contribution in [3.63, 3.8) is 0 Å². The third-order valence-corrected chi connectivity index (χ3v) is 4.52. The van der Waals surface area contributed by atoms with Crippen molar-refractivity contribution < 1.29 is 23.1 Å². The Morgan fingerprint density at radius 3 is 1.97 bits per heavy atom. The van der Waals surface area contributed by atoms with Crippen LogP contribution in [0.2, 0.25) is 0 Å². The summed E-state index contributed by atoms with van der Waals surface area (Å²) in [6.45, 7) is 0. The van der Waals surface area contributed by atoms with Crippen molar-refractivity contribution >= 4 is 11.7 Å². The van der Waals surface area contributed by atoms with Crippen molar-refractivity contribution in [2.45, 2.75) is 12.0 Å². The zero-order valence-corrected chi connectivity index (χ0v) is 16.1. The molecule has 154 valence electrons. The fourth-order valence-electron chi connectivity index (χ4n) is 2.89. The number of hydrazine groups is 1. The molecule has 3 aromatic rings. The zero-order chi connectivity index (χ0) is 21.6. The summed E-state index contributed by atoms with van der Waals surface area (Å²) in [4.78, 5) is 25.0. The monoisotopic (exact) mass is 410 g/mol. The van der Waals surface area contributed by atoms with Crippen LogP contribution >= 0.6 is 0 Å². The SMILES string of the molecule is COc1ccc(C(=O)NN[C@@H](c2ccccc2)C(F)(F)C(=O)c2ccccc2)cc1. The third kappa shape index (κ3) is 4.69. The topological polar surface area (TPSA) is 67.4 Å². The molecular formula is C23H20F2N2O3.